The second kappa shape index (κ2) is 8.37. The second-order valence-electron chi connectivity index (χ2n) is 5.36. The van der Waals surface area contributed by atoms with Gasteiger partial charge in [-0.3, -0.25) is 16.2 Å². The molecule has 0 amide bonds. The Bertz CT molecular complexity index is 397. The van der Waals surface area contributed by atoms with Gasteiger partial charge < -0.3 is 4.74 Å². The van der Waals surface area contributed by atoms with Crippen molar-refractivity contribution in [1.29, 1.82) is 0 Å². The molecule has 1 aromatic carbocycles. The van der Waals surface area contributed by atoms with Gasteiger partial charge in [0.2, 0.25) is 0 Å². The van der Waals surface area contributed by atoms with Crippen molar-refractivity contribution in [3.05, 3.63) is 29.8 Å². The lowest BCUT2D eigenvalue weighted by Crippen LogP contribution is -2.57. The monoisotopic (exact) mass is 293 g/mol. The molecule has 0 bridgehead atoms. The average molecular weight is 293 g/mol. The van der Waals surface area contributed by atoms with Crippen molar-refractivity contribution in [1.82, 2.24) is 10.3 Å². The van der Waals surface area contributed by atoms with E-state index in [-0.39, 0.29) is 11.6 Å². The first-order chi connectivity index (χ1) is 10.1. The van der Waals surface area contributed by atoms with Gasteiger partial charge in [0, 0.05) is 5.54 Å². The normalized spacial score (nSPS) is 13.5. The van der Waals surface area contributed by atoms with Crippen molar-refractivity contribution < 1.29 is 4.74 Å². The van der Waals surface area contributed by atoms with Crippen LogP contribution in [0.4, 0.5) is 0 Å². The number of nitrogens with two attached hydrogens (primary N) is 1. The Kier molecular flexibility index (Phi) is 7.15. The van der Waals surface area contributed by atoms with Crippen LogP contribution >= 0.6 is 0 Å². The lowest BCUT2D eigenvalue weighted by atomic mass is 9.79. The molecule has 1 atom stereocenters. The molecule has 4 heteroatoms. The largest absolute Gasteiger partial charge is 0.497 e. The van der Waals surface area contributed by atoms with Crippen LogP contribution in [0.25, 0.3) is 0 Å². The molecule has 0 saturated heterocycles. The molecule has 0 heterocycles. The highest BCUT2D eigenvalue weighted by Gasteiger charge is 2.40. The van der Waals surface area contributed by atoms with E-state index in [9.17, 15) is 0 Å². The van der Waals surface area contributed by atoms with Gasteiger partial charge in [0.15, 0.2) is 0 Å². The summed E-state index contributed by atoms with van der Waals surface area (Å²) in [5, 5.41) is 0. The standard InChI is InChI=1S/C17H31N3O/c1-6-17(7-2,20(8-3)9-4)16(19-18)14-10-12-15(21-5)13-11-14/h10-13,16,19H,6-9,18H2,1-5H3. The fourth-order valence-corrected chi connectivity index (χ4v) is 3.50. The number of nitrogens with zero attached hydrogens (tertiary/aromatic N) is 1. The number of nitrogens with one attached hydrogen (secondary N) is 1. The highest BCUT2D eigenvalue weighted by Crippen LogP contribution is 2.37. The first kappa shape index (κ1) is 18.0. The predicted octanol–water partition coefficient (Wildman–Crippen LogP) is 3.10. The van der Waals surface area contributed by atoms with E-state index in [2.05, 4.69) is 50.2 Å². The van der Waals surface area contributed by atoms with Crippen LogP contribution in [0.15, 0.2) is 24.3 Å². The number of rotatable bonds is 9. The number of hydrogen-bond donors (Lipinski definition) is 2. The number of hydrogen-bond acceptors (Lipinski definition) is 4. The maximum Gasteiger partial charge on any atom is 0.118 e. The van der Waals surface area contributed by atoms with Crippen molar-refractivity contribution in [3.63, 3.8) is 0 Å². The molecule has 120 valence electrons. The van der Waals surface area contributed by atoms with Crippen LogP contribution in [-0.2, 0) is 0 Å². The summed E-state index contributed by atoms with van der Waals surface area (Å²) < 4.78 is 5.25. The maximum atomic E-state index is 5.95. The molecule has 0 spiro atoms. The summed E-state index contributed by atoms with van der Waals surface area (Å²) >= 11 is 0. The van der Waals surface area contributed by atoms with Crippen molar-refractivity contribution >= 4 is 0 Å². The molecule has 0 aliphatic heterocycles. The molecule has 3 N–H and O–H groups in total. The Balaban J connectivity index is 3.22. The van der Waals surface area contributed by atoms with E-state index in [1.54, 1.807) is 7.11 Å². The zero-order valence-corrected chi connectivity index (χ0v) is 14.1. The number of likely N-dealkylation sites (N-methyl/N-ethyl adjacent to an activating group) is 1. The van der Waals surface area contributed by atoms with E-state index >= 15 is 0 Å². The molecule has 1 rings (SSSR count). The molecule has 0 aromatic heterocycles. The minimum Gasteiger partial charge on any atom is -0.497 e. The first-order valence-electron chi connectivity index (χ1n) is 7.98. The van der Waals surface area contributed by atoms with Gasteiger partial charge >= 0.3 is 0 Å². The van der Waals surface area contributed by atoms with E-state index in [0.29, 0.717) is 0 Å². The van der Waals surface area contributed by atoms with Gasteiger partial charge in [-0.25, -0.2) is 0 Å². The second-order valence-corrected chi connectivity index (χ2v) is 5.36. The Morgan fingerprint density at radius 3 is 1.95 bits per heavy atom. The third kappa shape index (κ3) is 3.57. The predicted molar refractivity (Wildman–Crippen MR) is 89.3 cm³/mol. The molecule has 1 aromatic rings. The summed E-state index contributed by atoms with van der Waals surface area (Å²) in [6, 6.07) is 8.30. The number of ether oxygens (including phenoxy) is 1. The quantitative estimate of drug-likeness (QED) is 0.542. The van der Waals surface area contributed by atoms with E-state index < -0.39 is 0 Å². The number of benzene rings is 1. The molecule has 4 nitrogen and oxygen atoms in total. The average Bonchev–Trinajstić information content (AvgIpc) is 2.55. The number of hydrazine groups is 1. The molecular weight excluding hydrogens is 262 g/mol. The van der Waals surface area contributed by atoms with Crippen LogP contribution in [-0.4, -0.2) is 30.6 Å². The molecule has 0 fully saturated rings. The van der Waals surface area contributed by atoms with Crippen LogP contribution in [0.3, 0.4) is 0 Å². The third-order valence-corrected chi connectivity index (χ3v) is 4.77. The molecule has 0 radical (unpaired) electrons. The molecule has 21 heavy (non-hydrogen) atoms. The van der Waals surface area contributed by atoms with Crippen molar-refractivity contribution in [3.8, 4) is 5.75 Å². The Morgan fingerprint density at radius 2 is 1.62 bits per heavy atom. The van der Waals surface area contributed by atoms with Crippen LogP contribution in [0.5, 0.6) is 5.75 Å². The van der Waals surface area contributed by atoms with Crippen LogP contribution in [0.1, 0.15) is 52.1 Å². The highest BCUT2D eigenvalue weighted by atomic mass is 16.5. The summed E-state index contributed by atoms with van der Waals surface area (Å²) in [7, 11) is 1.69. The van der Waals surface area contributed by atoms with Crippen LogP contribution in [0.2, 0.25) is 0 Å². The van der Waals surface area contributed by atoms with E-state index in [1.165, 1.54) is 5.56 Å². The van der Waals surface area contributed by atoms with Gasteiger partial charge in [0.1, 0.15) is 5.75 Å². The fourth-order valence-electron chi connectivity index (χ4n) is 3.50. The summed E-state index contributed by atoms with van der Waals surface area (Å²) in [6.45, 7) is 11.0. The summed E-state index contributed by atoms with van der Waals surface area (Å²) in [5.74, 6) is 6.82. The van der Waals surface area contributed by atoms with Gasteiger partial charge in [-0.05, 0) is 43.6 Å². The number of methoxy groups -OCH3 is 1. The lowest BCUT2D eigenvalue weighted by Gasteiger charge is -2.48. The van der Waals surface area contributed by atoms with Crippen LogP contribution in [0, 0.1) is 0 Å². The molecular formula is C17H31N3O. The first-order valence-corrected chi connectivity index (χ1v) is 7.98. The van der Waals surface area contributed by atoms with E-state index in [0.717, 1.165) is 31.7 Å². The highest BCUT2D eigenvalue weighted by molar-refractivity contribution is 5.31. The van der Waals surface area contributed by atoms with Gasteiger partial charge in [-0.2, -0.15) is 0 Å². The summed E-state index contributed by atoms with van der Waals surface area (Å²) in [5.41, 5.74) is 4.29. The van der Waals surface area contributed by atoms with Gasteiger partial charge in [-0.15, -0.1) is 0 Å². The van der Waals surface area contributed by atoms with Gasteiger partial charge in [-0.1, -0.05) is 39.8 Å². The van der Waals surface area contributed by atoms with E-state index in [1.807, 2.05) is 12.1 Å². The zero-order chi connectivity index (χ0) is 15.9. The van der Waals surface area contributed by atoms with Crippen LogP contribution < -0.4 is 16.0 Å². The molecule has 0 aliphatic carbocycles. The van der Waals surface area contributed by atoms with Crippen molar-refractivity contribution in [2.75, 3.05) is 20.2 Å². The SMILES string of the molecule is CCN(CC)C(CC)(CC)C(NN)c1ccc(OC)cc1. The summed E-state index contributed by atoms with van der Waals surface area (Å²) in [6.07, 6.45) is 2.10. The maximum absolute atomic E-state index is 5.95. The van der Waals surface area contributed by atoms with Gasteiger partial charge in [0.25, 0.3) is 0 Å². The van der Waals surface area contributed by atoms with Crippen molar-refractivity contribution in [2.24, 2.45) is 5.84 Å². The Morgan fingerprint density at radius 1 is 1.10 bits per heavy atom. The zero-order valence-electron chi connectivity index (χ0n) is 14.1. The molecule has 0 aliphatic rings. The van der Waals surface area contributed by atoms with E-state index in [4.69, 9.17) is 10.6 Å². The lowest BCUT2D eigenvalue weighted by molar-refractivity contribution is 0.0487. The minimum atomic E-state index is 0.0207. The minimum absolute atomic E-state index is 0.0207. The Hall–Kier alpha value is -1.10. The molecule has 0 saturated carbocycles. The fraction of sp³-hybridized carbons (Fsp3) is 0.647. The Labute approximate surface area is 129 Å². The summed E-state index contributed by atoms with van der Waals surface area (Å²) in [4.78, 5) is 2.52. The van der Waals surface area contributed by atoms with Crippen molar-refractivity contribution in [2.45, 2.75) is 52.1 Å². The topological polar surface area (TPSA) is 50.5 Å². The smallest absolute Gasteiger partial charge is 0.118 e. The molecule has 1 unspecified atom stereocenters. The third-order valence-electron chi connectivity index (χ3n) is 4.77. The van der Waals surface area contributed by atoms with Gasteiger partial charge in [0.05, 0.1) is 13.2 Å².